The lowest BCUT2D eigenvalue weighted by Gasteiger charge is -2.01. The Morgan fingerprint density at radius 1 is 1.39 bits per heavy atom. The summed E-state index contributed by atoms with van der Waals surface area (Å²) in [6.45, 7) is 4.08. The third-order valence-corrected chi connectivity index (χ3v) is 3.21. The second kappa shape index (κ2) is 4.38. The van der Waals surface area contributed by atoms with Gasteiger partial charge in [0.1, 0.15) is 5.69 Å². The Balaban J connectivity index is 1.92. The minimum atomic E-state index is -0.0306. The van der Waals surface area contributed by atoms with Gasteiger partial charge in [-0.2, -0.15) is 0 Å². The lowest BCUT2D eigenvalue weighted by molar-refractivity contribution is 0.103. The maximum Gasteiger partial charge on any atom is 0.212 e. The molecule has 1 aliphatic rings. The fraction of sp³-hybridized carbons (Fsp3) is 0.286. The Kier molecular flexibility index (Phi) is 2.72. The highest BCUT2D eigenvalue weighted by atomic mass is 16.5. The van der Waals surface area contributed by atoms with Crippen LogP contribution in [0.1, 0.15) is 34.1 Å². The number of carbonyl (C=O) groups excluding carboxylic acids is 1. The number of aromatic nitrogens is 2. The molecule has 0 bridgehead atoms. The Morgan fingerprint density at radius 2 is 2.22 bits per heavy atom. The van der Waals surface area contributed by atoms with Crippen LogP contribution in [-0.4, -0.2) is 15.3 Å². The quantitative estimate of drug-likeness (QED) is 0.775. The van der Waals surface area contributed by atoms with Crippen molar-refractivity contribution in [2.45, 2.75) is 26.7 Å². The molecule has 1 aromatic heterocycles. The largest absolute Gasteiger partial charge is 0.372 e. The van der Waals surface area contributed by atoms with Gasteiger partial charge in [0.2, 0.25) is 5.78 Å². The number of aryl methyl sites for hydroxylation is 1. The van der Waals surface area contributed by atoms with Crippen LogP contribution in [0.25, 0.3) is 0 Å². The lowest BCUT2D eigenvalue weighted by atomic mass is 10.0. The van der Waals surface area contributed by atoms with Gasteiger partial charge in [0.05, 0.1) is 19.5 Å². The van der Waals surface area contributed by atoms with E-state index in [1.807, 2.05) is 29.7 Å². The highest BCUT2D eigenvalue weighted by Crippen LogP contribution is 2.22. The minimum Gasteiger partial charge on any atom is -0.372 e. The van der Waals surface area contributed by atoms with E-state index in [-0.39, 0.29) is 5.78 Å². The minimum absolute atomic E-state index is 0.0306. The molecule has 2 heterocycles. The first-order valence-electron chi connectivity index (χ1n) is 6.04. The first-order chi connectivity index (χ1) is 8.78. The average molecular weight is 242 g/mol. The van der Waals surface area contributed by atoms with Crippen LogP contribution in [0.4, 0.5) is 0 Å². The van der Waals surface area contributed by atoms with E-state index in [4.69, 9.17) is 4.74 Å². The Bertz CT molecular complexity index is 602. The Morgan fingerprint density at radius 3 is 3.00 bits per heavy atom. The zero-order chi connectivity index (χ0) is 12.5. The van der Waals surface area contributed by atoms with Gasteiger partial charge in [-0.05, 0) is 24.1 Å². The van der Waals surface area contributed by atoms with Gasteiger partial charge in [0.25, 0.3) is 0 Å². The van der Waals surface area contributed by atoms with E-state index >= 15 is 0 Å². The lowest BCUT2D eigenvalue weighted by Crippen LogP contribution is -2.02. The van der Waals surface area contributed by atoms with E-state index in [1.165, 1.54) is 5.56 Å². The molecular formula is C14H14N2O2. The summed E-state index contributed by atoms with van der Waals surface area (Å²) < 4.78 is 7.24. The standard InChI is InChI=1S/C14H14N2O2/c1-2-16-6-13(15-9-16)14(17)10-3-4-11-7-18-8-12(11)5-10/h3-6,9H,2,7-8H2,1H3. The molecule has 0 spiro atoms. The molecule has 18 heavy (non-hydrogen) atoms. The van der Waals surface area contributed by atoms with E-state index in [0.717, 1.165) is 12.1 Å². The number of fused-ring (bicyclic) bond motifs is 1. The number of benzene rings is 1. The predicted molar refractivity (Wildman–Crippen MR) is 66.3 cm³/mol. The first-order valence-corrected chi connectivity index (χ1v) is 6.04. The van der Waals surface area contributed by atoms with E-state index < -0.39 is 0 Å². The molecule has 0 saturated heterocycles. The molecule has 4 nitrogen and oxygen atoms in total. The SMILES string of the molecule is CCn1cnc(C(=O)c2ccc3c(c2)COC3)c1. The van der Waals surface area contributed by atoms with Gasteiger partial charge in [-0.15, -0.1) is 0 Å². The van der Waals surface area contributed by atoms with Gasteiger partial charge in [0.15, 0.2) is 0 Å². The summed E-state index contributed by atoms with van der Waals surface area (Å²) in [6, 6.07) is 5.73. The van der Waals surface area contributed by atoms with Crippen molar-refractivity contribution in [3.63, 3.8) is 0 Å². The van der Waals surface area contributed by atoms with E-state index in [0.29, 0.717) is 24.5 Å². The van der Waals surface area contributed by atoms with Crippen LogP contribution < -0.4 is 0 Å². The molecule has 0 saturated carbocycles. The fourth-order valence-electron chi connectivity index (χ4n) is 2.11. The van der Waals surface area contributed by atoms with Crippen molar-refractivity contribution in [1.29, 1.82) is 0 Å². The van der Waals surface area contributed by atoms with Gasteiger partial charge in [-0.3, -0.25) is 4.79 Å². The Hall–Kier alpha value is -1.94. The van der Waals surface area contributed by atoms with E-state index in [9.17, 15) is 4.79 Å². The van der Waals surface area contributed by atoms with Crippen molar-refractivity contribution >= 4 is 5.78 Å². The summed E-state index contributed by atoms with van der Waals surface area (Å²) in [5.74, 6) is -0.0306. The number of ketones is 1. The monoisotopic (exact) mass is 242 g/mol. The van der Waals surface area contributed by atoms with Crippen LogP contribution in [0.3, 0.4) is 0 Å². The second-order valence-electron chi connectivity index (χ2n) is 4.39. The summed E-state index contributed by atoms with van der Waals surface area (Å²) in [5.41, 5.74) is 3.46. The van der Waals surface area contributed by atoms with E-state index in [1.54, 1.807) is 12.5 Å². The molecule has 0 radical (unpaired) electrons. The maximum absolute atomic E-state index is 12.3. The summed E-state index contributed by atoms with van der Waals surface area (Å²) in [6.07, 6.45) is 3.47. The van der Waals surface area contributed by atoms with Gasteiger partial charge in [0, 0.05) is 18.3 Å². The van der Waals surface area contributed by atoms with Crippen molar-refractivity contribution in [3.8, 4) is 0 Å². The highest BCUT2D eigenvalue weighted by molar-refractivity contribution is 6.07. The molecule has 1 aliphatic heterocycles. The van der Waals surface area contributed by atoms with Crippen LogP contribution in [0, 0.1) is 0 Å². The molecule has 0 N–H and O–H groups in total. The molecule has 0 unspecified atom stereocenters. The first kappa shape index (κ1) is 11.2. The predicted octanol–water partition coefficient (Wildman–Crippen LogP) is 2.16. The smallest absolute Gasteiger partial charge is 0.212 e. The van der Waals surface area contributed by atoms with Crippen molar-refractivity contribution in [2.75, 3.05) is 0 Å². The van der Waals surface area contributed by atoms with Crippen LogP contribution in [0.2, 0.25) is 0 Å². The molecule has 2 aromatic rings. The number of hydrogen-bond acceptors (Lipinski definition) is 3. The van der Waals surface area contributed by atoms with Crippen molar-refractivity contribution in [3.05, 3.63) is 53.1 Å². The molecule has 0 fully saturated rings. The average Bonchev–Trinajstić information content (AvgIpc) is 3.05. The van der Waals surface area contributed by atoms with Crippen LogP contribution in [0.15, 0.2) is 30.7 Å². The summed E-state index contributed by atoms with van der Waals surface area (Å²) in [7, 11) is 0. The molecule has 0 aliphatic carbocycles. The third-order valence-electron chi connectivity index (χ3n) is 3.21. The summed E-state index contributed by atoms with van der Waals surface area (Å²) in [4.78, 5) is 16.4. The van der Waals surface area contributed by atoms with Crippen molar-refractivity contribution in [2.24, 2.45) is 0 Å². The number of nitrogens with zero attached hydrogens (tertiary/aromatic N) is 2. The number of carbonyl (C=O) groups is 1. The summed E-state index contributed by atoms with van der Waals surface area (Å²) >= 11 is 0. The van der Waals surface area contributed by atoms with Gasteiger partial charge >= 0.3 is 0 Å². The molecule has 4 heteroatoms. The van der Waals surface area contributed by atoms with Crippen LogP contribution in [-0.2, 0) is 24.5 Å². The normalized spacial score (nSPS) is 13.6. The molecule has 1 aromatic carbocycles. The molecular weight excluding hydrogens is 228 g/mol. The zero-order valence-corrected chi connectivity index (χ0v) is 10.2. The Labute approximate surface area is 105 Å². The molecule has 3 rings (SSSR count). The topological polar surface area (TPSA) is 44.1 Å². The number of rotatable bonds is 3. The zero-order valence-electron chi connectivity index (χ0n) is 10.2. The number of ether oxygens (including phenoxy) is 1. The van der Waals surface area contributed by atoms with Crippen LogP contribution in [0.5, 0.6) is 0 Å². The molecule has 0 amide bonds. The van der Waals surface area contributed by atoms with Gasteiger partial charge in [-0.25, -0.2) is 4.98 Å². The summed E-state index contributed by atoms with van der Waals surface area (Å²) in [5, 5.41) is 0. The fourth-order valence-corrected chi connectivity index (χ4v) is 2.11. The van der Waals surface area contributed by atoms with Gasteiger partial charge < -0.3 is 9.30 Å². The molecule has 0 atom stereocenters. The highest BCUT2D eigenvalue weighted by Gasteiger charge is 2.16. The van der Waals surface area contributed by atoms with Crippen molar-refractivity contribution in [1.82, 2.24) is 9.55 Å². The maximum atomic E-state index is 12.3. The van der Waals surface area contributed by atoms with Crippen LogP contribution >= 0.6 is 0 Å². The third kappa shape index (κ3) is 1.84. The number of hydrogen-bond donors (Lipinski definition) is 0. The number of imidazole rings is 1. The van der Waals surface area contributed by atoms with Crippen molar-refractivity contribution < 1.29 is 9.53 Å². The second-order valence-corrected chi connectivity index (χ2v) is 4.39. The van der Waals surface area contributed by atoms with E-state index in [2.05, 4.69) is 4.98 Å². The van der Waals surface area contributed by atoms with Gasteiger partial charge in [-0.1, -0.05) is 12.1 Å². The molecule has 92 valence electrons.